The molecule has 3 heterocycles. The minimum atomic E-state index is -4.77. The molecule has 1 aromatic heterocycles. The highest BCUT2D eigenvalue weighted by Gasteiger charge is 2.46. The van der Waals surface area contributed by atoms with Crippen molar-refractivity contribution >= 4 is 23.3 Å². The summed E-state index contributed by atoms with van der Waals surface area (Å²) < 4.78 is 41.0. The van der Waals surface area contributed by atoms with Gasteiger partial charge in [0, 0.05) is 31.2 Å². The van der Waals surface area contributed by atoms with Crippen LogP contribution in [0, 0.1) is 5.41 Å². The largest absolute Gasteiger partial charge is 0.573 e. The fourth-order valence-corrected chi connectivity index (χ4v) is 4.40. The van der Waals surface area contributed by atoms with Gasteiger partial charge in [-0.05, 0) is 55.8 Å². The number of anilines is 1. The maximum absolute atomic E-state index is 12.4. The van der Waals surface area contributed by atoms with E-state index in [1.54, 1.807) is 30.6 Å². The zero-order valence-electron chi connectivity index (χ0n) is 16.7. The molecule has 2 aromatic rings. The van der Waals surface area contributed by atoms with Crippen LogP contribution in [-0.4, -0.2) is 53.4 Å². The first-order chi connectivity index (χ1) is 14.7. The SMILES string of the molecule is O=C(Nc1cccnc1)N1CC2(CCN(Cc3ccc(OC(F)(F)F)c(Cl)c3)CC2)C1. The van der Waals surface area contributed by atoms with Gasteiger partial charge in [-0.2, -0.15) is 0 Å². The van der Waals surface area contributed by atoms with E-state index < -0.39 is 12.1 Å². The van der Waals surface area contributed by atoms with E-state index >= 15 is 0 Å². The number of rotatable bonds is 4. The molecule has 2 amide bonds. The molecule has 1 spiro atoms. The Morgan fingerprint density at radius 2 is 1.97 bits per heavy atom. The van der Waals surface area contributed by atoms with Crippen molar-refractivity contribution in [3.05, 3.63) is 53.3 Å². The molecule has 166 valence electrons. The Hall–Kier alpha value is -2.52. The van der Waals surface area contributed by atoms with Crippen molar-refractivity contribution < 1.29 is 22.7 Å². The van der Waals surface area contributed by atoms with Gasteiger partial charge in [-0.25, -0.2) is 4.79 Å². The molecule has 0 aliphatic carbocycles. The van der Waals surface area contributed by atoms with Crippen LogP contribution in [0.4, 0.5) is 23.7 Å². The van der Waals surface area contributed by atoms with Gasteiger partial charge in [0.05, 0.1) is 16.9 Å². The highest BCUT2D eigenvalue weighted by Crippen LogP contribution is 2.41. The van der Waals surface area contributed by atoms with E-state index in [1.807, 2.05) is 4.90 Å². The fourth-order valence-electron chi connectivity index (χ4n) is 4.16. The lowest BCUT2D eigenvalue weighted by Gasteiger charge is -2.53. The van der Waals surface area contributed by atoms with Crippen molar-refractivity contribution in [1.82, 2.24) is 14.8 Å². The summed E-state index contributed by atoms with van der Waals surface area (Å²) in [5.74, 6) is -0.394. The molecule has 0 saturated carbocycles. The van der Waals surface area contributed by atoms with Crippen molar-refractivity contribution in [2.24, 2.45) is 5.41 Å². The molecule has 1 aromatic carbocycles. The molecular formula is C21H22ClF3N4O2. The number of hydrogen-bond donors (Lipinski definition) is 1. The Kier molecular flexibility index (Phi) is 5.98. The summed E-state index contributed by atoms with van der Waals surface area (Å²) >= 11 is 5.94. The van der Waals surface area contributed by atoms with Gasteiger partial charge in [-0.3, -0.25) is 9.88 Å². The van der Waals surface area contributed by atoms with E-state index in [0.29, 0.717) is 12.2 Å². The van der Waals surface area contributed by atoms with Crippen LogP contribution in [0.3, 0.4) is 0 Å². The van der Waals surface area contributed by atoms with Crippen LogP contribution < -0.4 is 10.1 Å². The number of alkyl halides is 3. The maximum Gasteiger partial charge on any atom is 0.573 e. The minimum Gasteiger partial charge on any atom is -0.404 e. The normalized spacial score (nSPS) is 18.5. The Morgan fingerprint density at radius 3 is 2.58 bits per heavy atom. The molecule has 31 heavy (non-hydrogen) atoms. The number of aromatic nitrogens is 1. The molecule has 2 aliphatic rings. The highest BCUT2D eigenvalue weighted by atomic mass is 35.5. The standard InChI is InChI=1S/C21H22ClF3N4O2/c22-17-10-15(3-4-18(17)31-21(23,24)25)12-28-8-5-20(6-9-28)13-29(14-20)19(30)27-16-2-1-7-26-11-16/h1-4,7,10-11H,5-6,8-9,12-14H2,(H,27,30). The monoisotopic (exact) mass is 454 g/mol. The number of carbonyl (C=O) groups is 1. The van der Waals surface area contributed by atoms with Gasteiger partial charge in [0.2, 0.25) is 0 Å². The number of ether oxygens (including phenoxy) is 1. The molecule has 0 atom stereocenters. The van der Waals surface area contributed by atoms with E-state index in [-0.39, 0.29) is 16.5 Å². The molecule has 0 radical (unpaired) electrons. The maximum atomic E-state index is 12.4. The molecule has 1 N–H and O–H groups in total. The number of urea groups is 1. The number of nitrogens with zero attached hydrogens (tertiary/aromatic N) is 3. The number of hydrogen-bond acceptors (Lipinski definition) is 4. The minimum absolute atomic E-state index is 0.0578. The Bertz CT molecular complexity index is 926. The van der Waals surface area contributed by atoms with Crippen molar-refractivity contribution in [1.29, 1.82) is 0 Å². The van der Waals surface area contributed by atoms with Gasteiger partial charge in [-0.15, -0.1) is 13.2 Å². The lowest BCUT2D eigenvalue weighted by molar-refractivity contribution is -0.274. The number of benzene rings is 1. The Balaban J connectivity index is 1.24. The van der Waals surface area contributed by atoms with E-state index in [1.165, 1.54) is 12.1 Å². The summed E-state index contributed by atoms with van der Waals surface area (Å²) in [6.07, 6.45) is 0.428. The lowest BCUT2D eigenvalue weighted by Crippen LogP contribution is -2.62. The molecule has 4 rings (SSSR count). The lowest BCUT2D eigenvalue weighted by atomic mass is 9.72. The molecule has 2 saturated heterocycles. The van der Waals surface area contributed by atoms with Gasteiger partial charge >= 0.3 is 12.4 Å². The quantitative estimate of drug-likeness (QED) is 0.723. The van der Waals surface area contributed by atoms with Gasteiger partial charge in [-0.1, -0.05) is 17.7 Å². The molecule has 0 bridgehead atoms. The summed E-state index contributed by atoms with van der Waals surface area (Å²) in [5, 5.41) is 2.79. The third-order valence-corrected chi connectivity index (χ3v) is 6.09. The first-order valence-corrected chi connectivity index (χ1v) is 10.3. The molecule has 2 fully saturated rings. The second-order valence-corrected chi connectivity index (χ2v) is 8.52. The van der Waals surface area contributed by atoms with Crippen LogP contribution in [0.5, 0.6) is 5.75 Å². The second kappa shape index (κ2) is 8.55. The van der Waals surface area contributed by atoms with Crippen LogP contribution >= 0.6 is 11.6 Å². The predicted octanol–water partition coefficient (Wildman–Crippen LogP) is 4.76. The van der Waals surface area contributed by atoms with Crippen molar-refractivity contribution in [3.63, 3.8) is 0 Å². The number of amides is 2. The number of pyridine rings is 1. The van der Waals surface area contributed by atoms with E-state index in [2.05, 4.69) is 19.9 Å². The van der Waals surface area contributed by atoms with E-state index in [9.17, 15) is 18.0 Å². The number of piperidine rings is 1. The van der Waals surface area contributed by atoms with Crippen LogP contribution in [0.1, 0.15) is 18.4 Å². The number of nitrogens with one attached hydrogen (secondary N) is 1. The van der Waals surface area contributed by atoms with Gasteiger partial charge in [0.15, 0.2) is 0 Å². The summed E-state index contributed by atoms with van der Waals surface area (Å²) in [6, 6.07) is 7.82. The zero-order chi connectivity index (χ0) is 22.1. The summed E-state index contributed by atoms with van der Waals surface area (Å²) in [5.41, 5.74) is 1.65. The number of halogens is 4. The van der Waals surface area contributed by atoms with Crippen LogP contribution in [0.2, 0.25) is 5.02 Å². The summed E-state index contributed by atoms with van der Waals surface area (Å²) in [6.45, 7) is 3.77. The summed E-state index contributed by atoms with van der Waals surface area (Å²) in [4.78, 5) is 20.4. The average Bonchev–Trinajstić information content (AvgIpc) is 2.69. The highest BCUT2D eigenvalue weighted by molar-refractivity contribution is 6.32. The molecule has 6 nitrogen and oxygen atoms in total. The van der Waals surface area contributed by atoms with Crippen LogP contribution in [-0.2, 0) is 6.54 Å². The Labute approximate surface area is 182 Å². The zero-order valence-corrected chi connectivity index (χ0v) is 17.4. The molecule has 2 aliphatic heterocycles. The Morgan fingerprint density at radius 1 is 1.23 bits per heavy atom. The molecule has 0 unspecified atom stereocenters. The third-order valence-electron chi connectivity index (χ3n) is 5.80. The average molecular weight is 455 g/mol. The van der Waals surface area contributed by atoms with Gasteiger partial charge in [0.1, 0.15) is 5.75 Å². The third kappa shape index (κ3) is 5.40. The number of carbonyl (C=O) groups excluding carboxylic acids is 1. The van der Waals surface area contributed by atoms with Gasteiger partial charge < -0.3 is 15.0 Å². The van der Waals surface area contributed by atoms with E-state index in [4.69, 9.17) is 11.6 Å². The molecular weight excluding hydrogens is 433 g/mol. The van der Waals surface area contributed by atoms with Gasteiger partial charge in [0.25, 0.3) is 0 Å². The van der Waals surface area contributed by atoms with Crippen molar-refractivity contribution in [2.45, 2.75) is 25.7 Å². The van der Waals surface area contributed by atoms with Crippen LogP contribution in [0.15, 0.2) is 42.7 Å². The first-order valence-electron chi connectivity index (χ1n) is 9.94. The van der Waals surface area contributed by atoms with Crippen molar-refractivity contribution in [3.8, 4) is 5.75 Å². The predicted molar refractivity (Wildman–Crippen MR) is 110 cm³/mol. The number of likely N-dealkylation sites (tertiary alicyclic amines) is 2. The summed E-state index contributed by atoms with van der Waals surface area (Å²) in [7, 11) is 0. The fraction of sp³-hybridized carbons (Fsp3) is 0.429. The topological polar surface area (TPSA) is 57.7 Å². The molecule has 10 heteroatoms. The van der Waals surface area contributed by atoms with Crippen LogP contribution in [0.25, 0.3) is 0 Å². The van der Waals surface area contributed by atoms with Crippen molar-refractivity contribution in [2.75, 3.05) is 31.5 Å². The first kappa shape index (κ1) is 21.7. The van der Waals surface area contributed by atoms with E-state index in [0.717, 1.165) is 44.6 Å². The smallest absolute Gasteiger partial charge is 0.404 e. The second-order valence-electron chi connectivity index (χ2n) is 8.12.